The molecule has 0 saturated heterocycles. The fraction of sp³-hybridized carbons (Fsp3) is 0.250. The summed E-state index contributed by atoms with van der Waals surface area (Å²) in [6, 6.07) is 36.0. The highest BCUT2D eigenvalue weighted by Gasteiger charge is 2.19. The van der Waals surface area contributed by atoms with Crippen LogP contribution in [0.3, 0.4) is 0 Å². The maximum Gasteiger partial charge on any atom is 0.251 e. The van der Waals surface area contributed by atoms with Crippen LogP contribution < -0.4 is 5.32 Å². The van der Waals surface area contributed by atoms with Crippen LogP contribution in [0.15, 0.2) is 103 Å². The fourth-order valence-electron chi connectivity index (χ4n) is 5.47. The van der Waals surface area contributed by atoms with Crippen molar-refractivity contribution in [3.63, 3.8) is 0 Å². The van der Waals surface area contributed by atoms with Gasteiger partial charge in [0, 0.05) is 28.7 Å². The fourth-order valence-corrected chi connectivity index (χ4v) is 5.47. The highest BCUT2D eigenvalue weighted by atomic mass is 16.1. The van der Waals surface area contributed by atoms with Crippen LogP contribution in [0, 0.1) is 6.92 Å². The molecule has 5 aromatic rings. The Morgan fingerprint density at radius 3 is 2.23 bits per heavy atom. The first-order valence-electron chi connectivity index (χ1n) is 13.9. The van der Waals surface area contributed by atoms with Gasteiger partial charge >= 0.3 is 0 Å². The van der Waals surface area contributed by atoms with E-state index in [2.05, 4.69) is 117 Å². The number of hydrogen-bond donors (Lipinski definition) is 1. The molecule has 0 aliphatic carbocycles. The first-order valence-corrected chi connectivity index (χ1v) is 13.9. The summed E-state index contributed by atoms with van der Waals surface area (Å²) in [6.45, 7) is 11.8. The quantitative estimate of drug-likeness (QED) is 0.231. The molecule has 1 N–H and O–H groups in total. The van der Waals surface area contributed by atoms with Crippen molar-refractivity contribution in [1.82, 2.24) is 9.88 Å². The van der Waals surface area contributed by atoms with Crippen LogP contribution in [0.25, 0.3) is 22.0 Å². The van der Waals surface area contributed by atoms with E-state index in [-0.39, 0.29) is 17.4 Å². The van der Waals surface area contributed by atoms with Gasteiger partial charge in [-0.2, -0.15) is 0 Å². The van der Waals surface area contributed by atoms with Crippen LogP contribution in [0.5, 0.6) is 0 Å². The van der Waals surface area contributed by atoms with E-state index in [4.69, 9.17) is 0 Å². The topological polar surface area (TPSA) is 34.0 Å². The Balaban J connectivity index is 1.36. The maximum atomic E-state index is 13.1. The first-order chi connectivity index (χ1) is 18.7. The zero-order valence-electron chi connectivity index (χ0n) is 23.7. The molecule has 0 fully saturated rings. The molecule has 0 radical (unpaired) electrons. The van der Waals surface area contributed by atoms with Crippen molar-refractivity contribution in [3.8, 4) is 11.1 Å². The smallest absolute Gasteiger partial charge is 0.251 e. The monoisotopic (exact) mass is 514 g/mol. The molecule has 3 heteroatoms. The average molecular weight is 515 g/mol. The largest absolute Gasteiger partial charge is 0.345 e. The van der Waals surface area contributed by atoms with E-state index >= 15 is 0 Å². The summed E-state index contributed by atoms with van der Waals surface area (Å²) in [5.74, 6) is -0.0378. The average Bonchev–Trinajstić information content (AvgIpc) is 3.25. The van der Waals surface area contributed by atoms with Gasteiger partial charge in [-0.25, -0.2) is 0 Å². The van der Waals surface area contributed by atoms with Gasteiger partial charge in [0.2, 0.25) is 0 Å². The lowest BCUT2D eigenvalue weighted by Crippen LogP contribution is -2.28. The Kier molecular flexibility index (Phi) is 7.43. The Bertz CT molecular complexity index is 1590. The molecule has 198 valence electrons. The van der Waals surface area contributed by atoms with Crippen molar-refractivity contribution in [1.29, 1.82) is 0 Å². The number of aryl methyl sites for hydroxylation is 1. The zero-order chi connectivity index (χ0) is 27.6. The molecule has 1 heterocycles. The minimum atomic E-state index is -0.0378. The maximum absolute atomic E-state index is 13.1. The minimum absolute atomic E-state index is 0.000864. The van der Waals surface area contributed by atoms with E-state index in [9.17, 15) is 4.79 Å². The van der Waals surface area contributed by atoms with Crippen LogP contribution in [0.2, 0.25) is 0 Å². The number of nitrogens with zero attached hydrogens (tertiary/aromatic N) is 1. The van der Waals surface area contributed by atoms with Gasteiger partial charge in [0.1, 0.15) is 0 Å². The predicted octanol–water partition coefficient (Wildman–Crippen LogP) is 8.84. The molecule has 0 aliphatic heterocycles. The molecule has 0 aliphatic rings. The summed E-state index contributed by atoms with van der Waals surface area (Å²) in [5, 5.41) is 4.30. The van der Waals surface area contributed by atoms with Gasteiger partial charge in [-0.15, -0.1) is 0 Å². The summed E-state index contributed by atoms with van der Waals surface area (Å²) < 4.78 is 2.33. The molecule has 1 amide bonds. The molecular weight excluding hydrogens is 476 g/mol. The molecule has 4 aromatic carbocycles. The highest BCUT2D eigenvalue weighted by Crippen LogP contribution is 2.33. The molecule has 1 aromatic heterocycles. The standard InChI is InChI=1S/C36H38N2O/c1-6-33(28-12-8-7-9-13-28)37-35(39)29-20-21-34-30(23-29)22-25(2)38(34)24-26-16-18-27(19-17-26)31-14-10-11-15-32(31)36(3,4)5/h7-23,33H,6,24H2,1-5H3,(H,37,39). The van der Waals surface area contributed by atoms with Gasteiger partial charge in [0.15, 0.2) is 0 Å². The lowest BCUT2D eigenvalue weighted by molar-refractivity contribution is 0.0935. The van der Waals surface area contributed by atoms with Gasteiger partial charge in [-0.05, 0) is 70.8 Å². The van der Waals surface area contributed by atoms with Gasteiger partial charge in [0.05, 0.1) is 6.04 Å². The number of amides is 1. The molecular formula is C36H38N2O. The molecule has 1 atom stereocenters. The summed E-state index contributed by atoms with van der Waals surface area (Å²) in [7, 11) is 0. The van der Waals surface area contributed by atoms with E-state index in [0.717, 1.165) is 29.4 Å². The van der Waals surface area contributed by atoms with Crippen LogP contribution in [-0.2, 0) is 12.0 Å². The molecule has 5 rings (SSSR count). The van der Waals surface area contributed by atoms with Crippen molar-refractivity contribution in [2.45, 2.75) is 59.0 Å². The highest BCUT2D eigenvalue weighted by molar-refractivity contribution is 5.98. The number of carbonyl (C=O) groups excluding carboxylic acids is 1. The second-order valence-corrected chi connectivity index (χ2v) is 11.5. The number of fused-ring (bicyclic) bond motifs is 1. The van der Waals surface area contributed by atoms with Crippen molar-refractivity contribution in [2.24, 2.45) is 0 Å². The number of benzene rings is 4. The number of rotatable bonds is 7. The van der Waals surface area contributed by atoms with E-state index in [0.29, 0.717) is 5.56 Å². The molecule has 39 heavy (non-hydrogen) atoms. The zero-order valence-corrected chi connectivity index (χ0v) is 23.7. The third kappa shape index (κ3) is 5.68. The van der Waals surface area contributed by atoms with Gasteiger partial charge < -0.3 is 9.88 Å². The lowest BCUT2D eigenvalue weighted by Gasteiger charge is -2.23. The second-order valence-electron chi connectivity index (χ2n) is 11.5. The van der Waals surface area contributed by atoms with E-state index in [1.807, 2.05) is 30.3 Å². The Labute approximate surface area is 232 Å². The third-order valence-electron chi connectivity index (χ3n) is 7.63. The van der Waals surface area contributed by atoms with Crippen LogP contribution in [0.1, 0.15) is 72.9 Å². The Morgan fingerprint density at radius 1 is 0.846 bits per heavy atom. The van der Waals surface area contributed by atoms with E-state index in [1.165, 1.54) is 27.9 Å². The Morgan fingerprint density at radius 2 is 1.54 bits per heavy atom. The SMILES string of the molecule is CCC(NC(=O)c1ccc2c(c1)cc(C)n2Cc1ccc(-c2ccccc2C(C)(C)C)cc1)c1ccccc1. The second kappa shape index (κ2) is 10.9. The van der Waals surface area contributed by atoms with E-state index in [1.54, 1.807) is 0 Å². The molecule has 0 spiro atoms. The molecule has 0 bridgehead atoms. The third-order valence-corrected chi connectivity index (χ3v) is 7.63. The molecule has 1 unspecified atom stereocenters. The summed E-state index contributed by atoms with van der Waals surface area (Å²) in [6.07, 6.45) is 0.841. The van der Waals surface area contributed by atoms with E-state index < -0.39 is 0 Å². The lowest BCUT2D eigenvalue weighted by atomic mass is 9.82. The van der Waals surface area contributed by atoms with Crippen LogP contribution in [-0.4, -0.2) is 10.5 Å². The van der Waals surface area contributed by atoms with Crippen LogP contribution >= 0.6 is 0 Å². The van der Waals surface area contributed by atoms with Crippen molar-refractivity contribution in [2.75, 3.05) is 0 Å². The Hall–Kier alpha value is -4.11. The van der Waals surface area contributed by atoms with Gasteiger partial charge in [0.25, 0.3) is 5.91 Å². The number of aromatic nitrogens is 1. The molecule has 0 saturated carbocycles. The summed E-state index contributed by atoms with van der Waals surface area (Å²) in [5.41, 5.74) is 9.38. The minimum Gasteiger partial charge on any atom is -0.345 e. The summed E-state index contributed by atoms with van der Waals surface area (Å²) >= 11 is 0. The number of hydrogen-bond acceptors (Lipinski definition) is 1. The molecule has 3 nitrogen and oxygen atoms in total. The van der Waals surface area contributed by atoms with Crippen LogP contribution in [0.4, 0.5) is 0 Å². The van der Waals surface area contributed by atoms with Crippen molar-refractivity contribution < 1.29 is 4.79 Å². The van der Waals surface area contributed by atoms with Gasteiger partial charge in [-0.3, -0.25) is 4.79 Å². The summed E-state index contributed by atoms with van der Waals surface area (Å²) in [4.78, 5) is 13.1. The normalized spacial score (nSPS) is 12.4. The predicted molar refractivity (Wildman–Crippen MR) is 163 cm³/mol. The number of nitrogens with one attached hydrogen (secondary N) is 1. The first kappa shape index (κ1) is 26.5. The van der Waals surface area contributed by atoms with Gasteiger partial charge in [-0.1, -0.05) is 107 Å². The van der Waals surface area contributed by atoms with Crippen molar-refractivity contribution in [3.05, 3.63) is 131 Å². The van der Waals surface area contributed by atoms with Crippen molar-refractivity contribution >= 4 is 16.8 Å². The number of carbonyl (C=O) groups is 1.